The number of alkyl halides is 7. The fraction of sp³-hybridized carbons (Fsp3) is 0.364. The molecule has 2 nitrogen and oxygen atoms in total. The van der Waals surface area contributed by atoms with Gasteiger partial charge >= 0.3 is 24.0 Å². The number of carbonyl (C=O) groups is 1. The lowest BCUT2D eigenvalue weighted by Crippen LogP contribution is -2.56. The van der Waals surface area contributed by atoms with Gasteiger partial charge in [-0.05, 0) is 6.07 Å². The zero-order valence-electron chi connectivity index (χ0n) is 9.86. The highest BCUT2D eigenvalue weighted by Crippen LogP contribution is 2.47. The van der Waals surface area contributed by atoms with Crippen molar-refractivity contribution in [3.05, 3.63) is 35.6 Å². The van der Waals surface area contributed by atoms with E-state index in [0.717, 1.165) is 12.1 Å². The summed E-state index contributed by atoms with van der Waals surface area (Å²) in [6.07, 6.45) is -6.65. The molecule has 0 aliphatic heterocycles. The summed E-state index contributed by atoms with van der Waals surface area (Å²) in [4.78, 5) is 10.8. The first kappa shape index (κ1) is 17.2. The number of esters is 1. The molecule has 118 valence electrons. The van der Waals surface area contributed by atoms with E-state index < -0.39 is 42.0 Å². The molecule has 0 fully saturated rings. The molecule has 0 saturated heterocycles. The maximum Gasteiger partial charge on any atom is 0.460 e. The summed E-state index contributed by atoms with van der Waals surface area (Å²) < 4.78 is 103. The normalized spacial score (nSPS) is 13.1. The molecule has 0 bridgehead atoms. The lowest BCUT2D eigenvalue weighted by molar-refractivity contribution is -0.348. The molecule has 0 heterocycles. The molecule has 0 aliphatic rings. The molecule has 1 aromatic rings. The average molecular weight is 322 g/mol. The Hall–Kier alpha value is -1.87. The summed E-state index contributed by atoms with van der Waals surface area (Å²) in [6, 6.07) is 4.25. The van der Waals surface area contributed by atoms with Crippen molar-refractivity contribution in [1.29, 1.82) is 0 Å². The maximum atomic E-state index is 13.1. The predicted octanol–water partition coefficient (Wildman–Crippen LogP) is 3.70. The van der Waals surface area contributed by atoms with Gasteiger partial charge in [-0.15, -0.1) is 0 Å². The minimum Gasteiger partial charge on any atom is -0.456 e. The van der Waals surface area contributed by atoms with Crippen LogP contribution in [0.2, 0.25) is 0 Å². The van der Waals surface area contributed by atoms with Crippen LogP contribution in [0, 0.1) is 5.82 Å². The Kier molecular flexibility index (Phi) is 4.49. The molecule has 21 heavy (non-hydrogen) atoms. The number of rotatable bonds is 4. The maximum absolute atomic E-state index is 13.1. The third kappa shape index (κ3) is 3.24. The first-order valence-electron chi connectivity index (χ1n) is 5.14. The number of hydrogen-bond donors (Lipinski definition) is 0. The van der Waals surface area contributed by atoms with E-state index in [-0.39, 0.29) is 0 Å². The van der Waals surface area contributed by atoms with E-state index in [9.17, 15) is 39.9 Å². The van der Waals surface area contributed by atoms with E-state index in [1.165, 1.54) is 12.1 Å². The minimum absolute atomic E-state index is 0.461. The van der Waals surface area contributed by atoms with E-state index in [4.69, 9.17) is 0 Å². The van der Waals surface area contributed by atoms with Crippen LogP contribution in [-0.4, -0.2) is 24.0 Å². The molecular formula is C11H6F8O2. The molecule has 10 heteroatoms. The Labute approximate surface area is 112 Å². The molecular weight excluding hydrogens is 316 g/mol. The van der Waals surface area contributed by atoms with Crippen LogP contribution in [0.15, 0.2) is 24.3 Å². The van der Waals surface area contributed by atoms with Crippen LogP contribution in [0.4, 0.5) is 35.1 Å². The van der Waals surface area contributed by atoms with E-state index in [1.807, 2.05) is 0 Å². The van der Waals surface area contributed by atoms with Gasteiger partial charge in [-0.2, -0.15) is 30.7 Å². The largest absolute Gasteiger partial charge is 0.460 e. The van der Waals surface area contributed by atoms with Crippen molar-refractivity contribution < 1.29 is 44.7 Å². The number of hydrogen-bond acceptors (Lipinski definition) is 2. The van der Waals surface area contributed by atoms with Crippen molar-refractivity contribution in [2.24, 2.45) is 0 Å². The van der Waals surface area contributed by atoms with Crippen LogP contribution in [0.3, 0.4) is 0 Å². The molecule has 0 amide bonds. The molecule has 0 radical (unpaired) electrons. The fourth-order valence-corrected chi connectivity index (χ4v) is 1.16. The van der Waals surface area contributed by atoms with Gasteiger partial charge in [0.1, 0.15) is 12.4 Å². The monoisotopic (exact) mass is 322 g/mol. The highest BCUT2D eigenvalue weighted by molar-refractivity contribution is 5.79. The SMILES string of the molecule is O=C(OCc1ccccc1F)C(F)(F)C(F)(F)C(F)(F)F. The quantitative estimate of drug-likeness (QED) is 0.624. The Morgan fingerprint density at radius 3 is 2.00 bits per heavy atom. The second kappa shape index (κ2) is 5.49. The summed E-state index contributed by atoms with van der Waals surface area (Å²) >= 11 is 0. The zero-order valence-corrected chi connectivity index (χ0v) is 9.86. The van der Waals surface area contributed by atoms with Gasteiger partial charge in [-0.25, -0.2) is 9.18 Å². The van der Waals surface area contributed by atoms with Gasteiger partial charge in [0.15, 0.2) is 0 Å². The van der Waals surface area contributed by atoms with Crippen LogP contribution in [0.25, 0.3) is 0 Å². The summed E-state index contributed by atoms with van der Waals surface area (Å²) in [5, 5.41) is 0. The molecule has 1 rings (SSSR count). The van der Waals surface area contributed by atoms with E-state index >= 15 is 0 Å². The van der Waals surface area contributed by atoms with Gasteiger partial charge in [0.25, 0.3) is 0 Å². The summed E-state index contributed by atoms with van der Waals surface area (Å²) in [7, 11) is 0. The summed E-state index contributed by atoms with van der Waals surface area (Å²) in [5.41, 5.74) is -0.461. The van der Waals surface area contributed by atoms with Crippen molar-refractivity contribution in [2.75, 3.05) is 0 Å². The molecule has 0 N–H and O–H groups in total. The Bertz CT molecular complexity index is 523. The standard InChI is InChI=1S/C11H6F8O2/c12-7-4-2-1-3-6(7)5-21-8(20)9(13,14)10(15,16)11(17,18)19/h1-4H,5H2. The number of carbonyl (C=O) groups excluding carboxylic acids is 1. The van der Waals surface area contributed by atoms with Gasteiger partial charge in [-0.3, -0.25) is 0 Å². The molecule has 0 atom stereocenters. The molecule has 0 aromatic heterocycles. The van der Waals surface area contributed by atoms with Gasteiger partial charge in [-0.1, -0.05) is 18.2 Å². The van der Waals surface area contributed by atoms with Crippen molar-refractivity contribution in [3.8, 4) is 0 Å². The van der Waals surface area contributed by atoms with Crippen LogP contribution in [-0.2, 0) is 16.1 Å². The van der Waals surface area contributed by atoms with Gasteiger partial charge < -0.3 is 4.74 Å². The fourth-order valence-electron chi connectivity index (χ4n) is 1.16. The predicted molar refractivity (Wildman–Crippen MR) is 52.1 cm³/mol. The third-order valence-electron chi connectivity index (χ3n) is 2.32. The van der Waals surface area contributed by atoms with Crippen molar-refractivity contribution in [2.45, 2.75) is 24.6 Å². The number of ether oxygens (including phenoxy) is 1. The Balaban J connectivity index is 2.86. The third-order valence-corrected chi connectivity index (χ3v) is 2.32. The van der Waals surface area contributed by atoms with Crippen LogP contribution in [0.1, 0.15) is 5.56 Å². The lowest BCUT2D eigenvalue weighted by atomic mass is 10.1. The average Bonchev–Trinajstić information content (AvgIpc) is 2.35. The van der Waals surface area contributed by atoms with Gasteiger partial charge in [0.05, 0.1) is 0 Å². The smallest absolute Gasteiger partial charge is 0.456 e. The molecule has 0 spiro atoms. The van der Waals surface area contributed by atoms with Gasteiger partial charge in [0, 0.05) is 5.56 Å². The zero-order chi connectivity index (χ0) is 16.5. The molecule has 1 aromatic carbocycles. The first-order valence-corrected chi connectivity index (χ1v) is 5.14. The molecule has 0 saturated carbocycles. The second-order valence-corrected chi connectivity index (χ2v) is 3.81. The number of benzene rings is 1. The summed E-state index contributed by atoms with van der Waals surface area (Å²) in [5.74, 6) is -16.8. The van der Waals surface area contributed by atoms with Crippen molar-refractivity contribution >= 4 is 5.97 Å². The van der Waals surface area contributed by atoms with Crippen molar-refractivity contribution in [1.82, 2.24) is 0 Å². The number of halogens is 8. The van der Waals surface area contributed by atoms with E-state index in [1.54, 1.807) is 0 Å². The topological polar surface area (TPSA) is 26.3 Å². The van der Waals surface area contributed by atoms with Crippen LogP contribution < -0.4 is 0 Å². The first-order chi connectivity index (χ1) is 9.41. The van der Waals surface area contributed by atoms with Crippen LogP contribution >= 0.6 is 0 Å². The highest BCUT2D eigenvalue weighted by atomic mass is 19.4. The van der Waals surface area contributed by atoms with E-state index in [0.29, 0.717) is 0 Å². The Morgan fingerprint density at radius 2 is 1.52 bits per heavy atom. The Morgan fingerprint density at radius 1 is 1.00 bits per heavy atom. The molecule has 0 unspecified atom stereocenters. The molecule has 0 aliphatic carbocycles. The second-order valence-electron chi connectivity index (χ2n) is 3.81. The highest BCUT2D eigenvalue weighted by Gasteiger charge is 2.77. The minimum atomic E-state index is -6.65. The lowest BCUT2D eigenvalue weighted by Gasteiger charge is -2.26. The van der Waals surface area contributed by atoms with Crippen molar-refractivity contribution in [3.63, 3.8) is 0 Å². The van der Waals surface area contributed by atoms with E-state index in [2.05, 4.69) is 4.74 Å². The van der Waals surface area contributed by atoms with Gasteiger partial charge in [0.2, 0.25) is 0 Å². The van der Waals surface area contributed by atoms with Crippen LogP contribution in [0.5, 0.6) is 0 Å². The summed E-state index contributed by atoms with van der Waals surface area (Å²) in [6.45, 7) is -1.21.